The molecule has 16 heavy (non-hydrogen) atoms. The van der Waals surface area contributed by atoms with E-state index in [1.54, 1.807) is 6.92 Å². The molecule has 0 aliphatic rings. The van der Waals surface area contributed by atoms with Gasteiger partial charge in [-0.05, 0) is 24.6 Å². The maximum atomic E-state index is 12.8. The highest BCUT2D eigenvalue weighted by atomic mass is 19.1. The second-order valence-corrected chi connectivity index (χ2v) is 3.43. The Hall–Kier alpha value is -1.62. The Balaban J connectivity index is 2.69. The van der Waals surface area contributed by atoms with Crippen LogP contribution in [-0.4, -0.2) is 28.8 Å². The molecule has 0 radical (unpaired) electrons. The van der Waals surface area contributed by atoms with Crippen molar-refractivity contribution in [3.8, 4) is 5.75 Å². The van der Waals surface area contributed by atoms with Gasteiger partial charge in [0.1, 0.15) is 11.6 Å². The minimum Gasteiger partial charge on any atom is -0.507 e. The number of aliphatic hydroxyl groups excluding tert-OH is 1. The van der Waals surface area contributed by atoms with Gasteiger partial charge >= 0.3 is 0 Å². The maximum Gasteiger partial charge on any atom is 0.255 e. The number of hydrogen-bond donors (Lipinski definition) is 3. The van der Waals surface area contributed by atoms with Crippen molar-refractivity contribution in [1.82, 2.24) is 5.32 Å². The zero-order valence-electron chi connectivity index (χ0n) is 8.90. The summed E-state index contributed by atoms with van der Waals surface area (Å²) in [6, 6.07) is 3.12. The number of benzene rings is 1. The van der Waals surface area contributed by atoms with Crippen LogP contribution in [0.2, 0.25) is 0 Å². The molecule has 5 heteroatoms. The number of aliphatic hydroxyl groups is 1. The molecule has 1 atom stereocenters. The molecule has 0 fully saturated rings. The molecule has 0 aromatic heterocycles. The summed E-state index contributed by atoms with van der Waals surface area (Å²) < 4.78 is 12.8. The number of carbonyl (C=O) groups is 1. The molecule has 0 saturated carbocycles. The normalized spacial score (nSPS) is 12.2. The molecule has 3 N–H and O–H groups in total. The Morgan fingerprint density at radius 3 is 2.88 bits per heavy atom. The summed E-state index contributed by atoms with van der Waals surface area (Å²) in [7, 11) is 0. The third-order valence-corrected chi connectivity index (χ3v) is 2.17. The second kappa shape index (κ2) is 5.46. The minimum absolute atomic E-state index is 0.0747. The van der Waals surface area contributed by atoms with Crippen LogP contribution in [0.5, 0.6) is 5.75 Å². The lowest BCUT2D eigenvalue weighted by molar-refractivity contribution is 0.0910. The molecule has 1 aromatic rings. The SMILES string of the molecule is CCC(O)CNC(=O)c1cc(F)ccc1O. The monoisotopic (exact) mass is 227 g/mol. The predicted octanol–water partition coefficient (Wildman–Crippen LogP) is 1.03. The van der Waals surface area contributed by atoms with Crippen LogP contribution in [-0.2, 0) is 0 Å². The number of phenolic OH excluding ortho intramolecular Hbond substituents is 1. The van der Waals surface area contributed by atoms with Crippen molar-refractivity contribution in [3.63, 3.8) is 0 Å². The first-order valence-corrected chi connectivity index (χ1v) is 4.99. The van der Waals surface area contributed by atoms with Crippen LogP contribution in [0.25, 0.3) is 0 Å². The van der Waals surface area contributed by atoms with Crippen molar-refractivity contribution < 1.29 is 19.4 Å². The van der Waals surface area contributed by atoms with Crippen LogP contribution in [0.1, 0.15) is 23.7 Å². The first kappa shape index (κ1) is 12.4. The lowest BCUT2D eigenvalue weighted by Crippen LogP contribution is -2.31. The van der Waals surface area contributed by atoms with E-state index in [4.69, 9.17) is 0 Å². The summed E-state index contributed by atoms with van der Waals surface area (Å²) in [6.45, 7) is 1.85. The van der Waals surface area contributed by atoms with E-state index in [1.165, 1.54) is 0 Å². The number of halogens is 1. The average Bonchev–Trinajstić information content (AvgIpc) is 2.28. The molecule has 0 bridgehead atoms. The fraction of sp³-hybridized carbons (Fsp3) is 0.364. The fourth-order valence-corrected chi connectivity index (χ4v) is 1.14. The fourth-order valence-electron chi connectivity index (χ4n) is 1.14. The first-order valence-electron chi connectivity index (χ1n) is 4.99. The van der Waals surface area contributed by atoms with Gasteiger partial charge in [0.2, 0.25) is 0 Å². The molecule has 0 spiro atoms. The van der Waals surface area contributed by atoms with Crippen LogP contribution < -0.4 is 5.32 Å². The van der Waals surface area contributed by atoms with Gasteiger partial charge in [0.25, 0.3) is 5.91 Å². The number of rotatable bonds is 4. The van der Waals surface area contributed by atoms with Crippen molar-refractivity contribution in [3.05, 3.63) is 29.6 Å². The Kier molecular flexibility index (Phi) is 4.25. The van der Waals surface area contributed by atoms with Crippen LogP contribution in [0, 0.1) is 5.82 Å². The molecule has 1 unspecified atom stereocenters. The minimum atomic E-state index is -0.639. The number of aromatic hydroxyl groups is 1. The van der Waals surface area contributed by atoms with E-state index in [1.807, 2.05) is 0 Å². The number of amides is 1. The summed E-state index contributed by atoms with van der Waals surface area (Å²) >= 11 is 0. The van der Waals surface area contributed by atoms with Crippen molar-refractivity contribution in [1.29, 1.82) is 0 Å². The van der Waals surface area contributed by atoms with Gasteiger partial charge in [-0.15, -0.1) is 0 Å². The Labute approximate surface area is 92.7 Å². The van der Waals surface area contributed by atoms with Gasteiger partial charge in [0.15, 0.2) is 0 Å². The molecule has 0 aliphatic carbocycles. The number of hydrogen-bond acceptors (Lipinski definition) is 3. The van der Waals surface area contributed by atoms with Crippen molar-refractivity contribution in [2.24, 2.45) is 0 Å². The van der Waals surface area contributed by atoms with E-state index in [0.29, 0.717) is 6.42 Å². The van der Waals surface area contributed by atoms with Crippen molar-refractivity contribution >= 4 is 5.91 Å². The zero-order chi connectivity index (χ0) is 12.1. The molecule has 0 saturated heterocycles. The van der Waals surface area contributed by atoms with Gasteiger partial charge in [0.05, 0.1) is 11.7 Å². The van der Waals surface area contributed by atoms with E-state index in [0.717, 1.165) is 18.2 Å². The number of nitrogens with one attached hydrogen (secondary N) is 1. The largest absolute Gasteiger partial charge is 0.507 e. The lowest BCUT2D eigenvalue weighted by Gasteiger charge is -2.10. The van der Waals surface area contributed by atoms with Gasteiger partial charge in [-0.1, -0.05) is 6.92 Å². The van der Waals surface area contributed by atoms with Gasteiger partial charge in [-0.3, -0.25) is 4.79 Å². The Morgan fingerprint density at radius 1 is 1.56 bits per heavy atom. The molecule has 0 aliphatic heterocycles. The molecule has 1 aromatic carbocycles. The van der Waals surface area contributed by atoms with E-state index >= 15 is 0 Å². The van der Waals surface area contributed by atoms with Crippen molar-refractivity contribution in [2.45, 2.75) is 19.4 Å². The van der Waals surface area contributed by atoms with Gasteiger partial charge in [0, 0.05) is 6.54 Å². The van der Waals surface area contributed by atoms with Crippen LogP contribution in [0.4, 0.5) is 4.39 Å². The highest BCUT2D eigenvalue weighted by molar-refractivity contribution is 5.96. The summed E-state index contributed by atoms with van der Waals surface area (Å²) in [6.07, 6.45) is -0.130. The topological polar surface area (TPSA) is 69.6 Å². The predicted molar refractivity (Wildman–Crippen MR) is 56.7 cm³/mol. The van der Waals surface area contributed by atoms with E-state index in [9.17, 15) is 19.4 Å². The van der Waals surface area contributed by atoms with Gasteiger partial charge in [-0.25, -0.2) is 4.39 Å². The van der Waals surface area contributed by atoms with E-state index in [2.05, 4.69) is 5.32 Å². The van der Waals surface area contributed by atoms with E-state index in [-0.39, 0.29) is 17.9 Å². The van der Waals surface area contributed by atoms with Gasteiger partial charge in [-0.2, -0.15) is 0 Å². The highest BCUT2D eigenvalue weighted by Crippen LogP contribution is 2.17. The Bertz CT molecular complexity index is 381. The third-order valence-electron chi connectivity index (χ3n) is 2.17. The smallest absolute Gasteiger partial charge is 0.255 e. The quantitative estimate of drug-likeness (QED) is 0.719. The zero-order valence-corrected chi connectivity index (χ0v) is 8.90. The molecule has 0 heterocycles. The standard InChI is InChI=1S/C11H14FNO3/c1-2-8(14)6-13-11(16)9-5-7(12)3-4-10(9)15/h3-5,8,14-15H,2,6H2,1H3,(H,13,16). The summed E-state index contributed by atoms with van der Waals surface area (Å²) in [5.74, 6) is -1.49. The van der Waals surface area contributed by atoms with E-state index < -0.39 is 17.8 Å². The summed E-state index contributed by atoms with van der Waals surface area (Å²) in [5, 5.41) is 21.0. The highest BCUT2D eigenvalue weighted by Gasteiger charge is 2.12. The van der Waals surface area contributed by atoms with Crippen LogP contribution in [0.15, 0.2) is 18.2 Å². The summed E-state index contributed by atoms with van der Waals surface area (Å²) in [4.78, 5) is 11.5. The molecular formula is C11H14FNO3. The average molecular weight is 227 g/mol. The third kappa shape index (κ3) is 3.20. The molecule has 1 amide bonds. The Morgan fingerprint density at radius 2 is 2.25 bits per heavy atom. The molecular weight excluding hydrogens is 213 g/mol. The molecule has 88 valence electrons. The first-order chi connectivity index (χ1) is 7.54. The maximum absolute atomic E-state index is 12.8. The molecule has 4 nitrogen and oxygen atoms in total. The van der Waals surface area contributed by atoms with Gasteiger partial charge < -0.3 is 15.5 Å². The number of carbonyl (C=O) groups excluding carboxylic acids is 1. The molecule has 1 rings (SSSR count). The van der Waals surface area contributed by atoms with Crippen LogP contribution >= 0.6 is 0 Å². The lowest BCUT2D eigenvalue weighted by atomic mass is 10.1. The summed E-state index contributed by atoms with van der Waals surface area (Å²) in [5.41, 5.74) is -0.136. The second-order valence-electron chi connectivity index (χ2n) is 3.43. The van der Waals surface area contributed by atoms with Crippen molar-refractivity contribution in [2.75, 3.05) is 6.54 Å². The van der Waals surface area contributed by atoms with Crippen LogP contribution in [0.3, 0.4) is 0 Å². The number of phenols is 1.